The second-order valence-electron chi connectivity index (χ2n) is 5.58. The molecule has 2 unspecified atom stereocenters. The second kappa shape index (κ2) is 6.46. The predicted molar refractivity (Wildman–Crippen MR) is 81.9 cm³/mol. The van der Waals surface area contributed by atoms with Crippen LogP contribution in [0.4, 0.5) is 5.82 Å². The lowest BCUT2D eigenvalue weighted by Gasteiger charge is -2.20. The highest BCUT2D eigenvalue weighted by Gasteiger charge is 2.27. The molecule has 2 atom stereocenters. The van der Waals surface area contributed by atoms with Gasteiger partial charge in [0, 0.05) is 30.2 Å². The van der Waals surface area contributed by atoms with E-state index in [9.17, 15) is 4.79 Å². The lowest BCUT2D eigenvalue weighted by atomic mass is 10.2. The Balaban J connectivity index is 2.14. The molecular formula is C14H23N3OS. The van der Waals surface area contributed by atoms with Gasteiger partial charge in [-0.2, -0.15) is 11.8 Å². The Labute approximate surface area is 119 Å². The van der Waals surface area contributed by atoms with Gasteiger partial charge in [0.25, 0.3) is 5.56 Å². The van der Waals surface area contributed by atoms with Gasteiger partial charge in [-0.1, -0.05) is 20.3 Å². The summed E-state index contributed by atoms with van der Waals surface area (Å²) in [6.07, 6.45) is 9.22. The predicted octanol–water partition coefficient (Wildman–Crippen LogP) is 2.60. The largest absolute Gasteiger partial charge is 0.362 e. The molecule has 0 bridgehead atoms. The van der Waals surface area contributed by atoms with Crippen molar-refractivity contribution < 1.29 is 0 Å². The van der Waals surface area contributed by atoms with Crippen LogP contribution in [0.3, 0.4) is 0 Å². The molecule has 1 aliphatic rings. The van der Waals surface area contributed by atoms with Crippen LogP contribution >= 0.6 is 11.8 Å². The van der Waals surface area contributed by atoms with Gasteiger partial charge in [0.15, 0.2) is 5.82 Å². The molecule has 1 saturated carbocycles. The number of nitrogens with one attached hydrogen (secondary N) is 1. The Kier molecular flexibility index (Phi) is 4.91. The Morgan fingerprint density at radius 1 is 1.53 bits per heavy atom. The summed E-state index contributed by atoms with van der Waals surface area (Å²) in [5, 5.41) is 3.96. The van der Waals surface area contributed by atoms with Crippen molar-refractivity contribution in [3.05, 3.63) is 22.7 Å². The smallest absolute Gasteiger partial charge is 0.293 e. The fourth-order valence-corrected chi connectivity index (χ4v) is 3.57. The number of thioether (sulfide) groups is 1. The zero-order chi connectivity index (χ0) is 13.8. The summed E-state index contributed by atoms with van der Waals surface area (Å²) in [7, 11) is 0. The summed E-state index contributed by atoms with van der Waals surface area (Å²) in [5.74, 6) is 0.965. The Morgan fingerprint density at radius 2 is 2.32 bits per heavy atom. The van der Waals surface area contributed by atoms with Crippen LogP contribution < -0.4 is 10.9 Å². The van der Waals surface area contributed by atoms with E-state index in [1.165, 1.54) is 12.8 Å². The number of rotatable bonds is 5. The zero-order valence-corrected chi connectivity index (χ0v) is 12.7. The van der Waals surface area contributed by atoms with Crippen LogP contribution in [0.1, 0.15) is 33.1 Å². The van der Waals surface area contributed by atoms with Crippen molar-refractivity contribution in [2.24, 2.45) is 5.92 Å². The molecule has 0 saturated heterocycles. The molecule has 1 aromatic rings. The topological polar surface area (TPSA) is 46.9 Å². The summed E-state index contributed by atoms with van der Waals surface area (Å²) in [4.78, 5) is 16.5. The summed E-state index contributed by atoms with van der Waals surface area (Å²) < 4.78 is 1.75. The minimum atomic E-state index is 0.00273. The summed E-state index contributed by atoms with van der Waals surface area (Å²) in [5.41, 5.74) is 0.00273. The highest BCUT2D eigenvalue weighted by Crippen LogP contribution is 2.29. The van der Waals surface area contributed by atoms with Crippen LogP contribution in [0.25, 0.3) is 0 Å². The van der Waals surface area contributed by atoms with E-state index in [4.69, 9.17) is 0 Å². The van der Waals surface area contributed by atoms with Crippen molar-refractivity contribution in [3.63, 3.8) is 0 Å². The van der Waals surface area contributed by atoms with E-state index >= 15 is 0 Å². The normalized spacial score (nSPS) is 22.9. The van der Waals surface area contributed by atoms with Crippen molar-refractivity contribution in [2.75, 3.05) is 11.6 Å². The van der Waals surface area contributed by atoms with Gasteiger partial charge < -0.3 is 9.88 Å². The maximum atomic E-state index is 12.3. The van der Waals surface area contributed by atoms with Gasteiger partial charge in [-0.15, -0.1) is 0 Å². The fourth-order valence-electron chi connectivity index (χ4n) is 2.63. The van der Waals surface area contributed by atoms with E-state index in [2.05, 4.69) is 30.4 Å². The lowest BCUT2D eigenvalue weighted by molar-refractivity contribution is 0.509. The van der Waals surface area contributed by atoms with Gasteiger partial charge in [-0.3, -0.25) is 4.79 Å². The maximum absolute atomic E-state index is 12.3. The molecule has 2 rings (SSSR count). The second-order valence-corrected chi connectivity index (χ2v) is 6.66. The van der Waals surface area contributed by atoms with Gasteiger partial charge in [-0.25, -0.2) is 4.98 Å². The third kappa shape index (κ3) is 3.53. The first-order valence-electron chi connectivity index (χ1n) is 6.96. The third-order valence-electron chi connectivity index (χ3n) is 3.55. The van der Waals surface area contributed by atoms with E-state index < -0.39 is 0 Å². The molecule has 1 heterocycles. The van der Waals surface area contributed by atoms with Crippen LogP contribution in [0.5, 0.6) is 0 Å². The Morgan fingerprint density at radius 3 is 3.00 bits per heavy atom. The van der Waals surface area contributed by atoms with E-state index in [0.29, 0.717) is 23.0 Å². The van der Waals surface area contributed by atoms with Crippen molar-refractivity contribution >= 4 is 17.6 Å². The number of nitrogens with zero attached hydrogens (tertiary/aromatic N) is 2. The van der Waals surface area contributed by atoms with Crippen LogP contribution in [-0.4, -0.2) is 27.1 Å². The highest BCUT2D eigenvalue weighted by atomic mass is 32.2. The third-order valence-corrected chi connectivity index (χ3v) is 4.72. The molecule has 0 radical (unpaired) electrons. The van der Waals surface area contributed by atoms with E-state index in [0.717, 1.165) is 13.0 Å². The molecule has 19 heavy (non-hydrogen) atoms. The molecule has 0 aliphatic heterocycles. The molecular weight excluding hydrogens is 258 g/mol. The molecule has 1 N–H and O–H groups in total. The molecule has 0 spiro atoms. The molecule has 0 amide bonds. The first kappa shape index (κ1) is 14.4. The Hall–Kier alpha value is -0.970. The van der Waals surface area contributed by atoms with Crippen molar-refractivity contribution in [1.29, 1.82) is 0 Å². The average molecular weight is 281 g/mol. The van der Waals surface area contributed by atoms with Gasteiger partial charge in [0.1, 0.15) is 0 Å². The first-order valence-corrected chi connectivity index (χ1v) is 8.25. The van der Waals surface area contributed by atoms with Gasteiger partial charge >= 0.3 is 0 Å². The molecule has 5 heteroatoms. The summed E-state index contributed by atoms with van der Waals surface area (Å²) in [6.45, 7) is 4.97. The standard InChI is InChI=1S/C14H23N3OS/c1-10(2)9-17-8-7-15-13(14(17)18)16-11-5-4-6-12(11)19-3/h7-8,10-12H,4-6,9H2,1-3H3,(H,15,16). The summed E-state index contributed by atoms with van der Waals surface area (Å²) in [6, 6.07) is 0.380. The molecule has 0 aromatic carbocycles. The van der Waals surface area contributed by atoms with E-state index in [1.807, 2.05) is 11.8 Å². The maximum Gasteiger partial charge on any atom is 0.293 e. The first-order chi connectivity index (χ1) is 9.11. The van der Waals surface area contributed by atoms with Gasteiger partial charge in [0.2, 0.25) is 0 Å². The average Bonchev–Trinajstić information content (AvgIpc) is 2.81. The fraction of sp³-hybridized carbons (Fsp3) is 0.714. The monoisotopic (exact) mass is 281 g/mol. The zero-order valence-electron chi connectivity index (χ0n) is 11.9. The van der Waals surface area contributed by atoms with Gasteiger partial charge in [-0.05, 0) is 25.0 Å². The minimum absolute atomic E-state index is 0.00273. The van der Waals surface area contributed by atoms with Crippen molar-refractivity contribution in [3.8, 4) is 0 Å². The molecule has 1 aromatic heterocycles. The van der Waals surface area contributed by atoms with Crippen molar-refractivity contribution in [1.82, 2.24) is 9.55 Å². The van der Waals surface area contributed by atoms with E-state index in [1.54, 1.807) is 17.0 Å². The van der Waals surface area contributed by atoms with Crippen LogP contribution in [0.2, 0.25) is 0 Å². The van der Waals surface area contributed by atoms with Crippen molar-refractivity contribution in [2.45, 2.75) is 50.9 Å². The highest BCUT2D eigenvalue weighted by molar-refractivity contribution is 7.99. The van der Waals surface area contributed by atoms with E-state index in [-0.39, 0.29) is 5.56 Å². The molecule has 1 aliphatic carbocycles. The van der Waals surface area contributed by atoms with Crippen LogP contribution in [0.15, 0.2) is 17.2 Å². The molecule has 4 nitrogen and oxygen atoms in total. The number of hydrogen-bond acceptors (Lipinski definition) is 4. The van der Waals surface area contributed by atoms with Crippen LogP contribution in [-0.2, 0) is 6.54 Å². The molecule has 106 valence electrons. The lowest BCUT2D eigenvalue weighted by Crippen LogP contribution is -2.32. The van der Waals surface area contributed by atoms with Gasteiger partial charge in [0.05, 0.1) is 0 Å². The summed E-state index contributed by atoms with van der Waals surface area (Å²) >= 11 is 1.88. The van der Waals surface area contributed by atoms with Crippen LogP contribution in [0, 0.1) is 5.92 Å². The number of aromatic nitrogens is 2. The molecule has 1 fully saturated rings. The quantitative estimate of drug-likeness (QED) is 0.901. The number of anilines is 1. The Bertz CT molecular complexity index is 472. The minimum Gasteiger partial charge on any atom is -0.362 e. The SMILES string of the molecule is CSC1CCCC1Nc1nccn(CC(C)C)c1=O. The number of hydrogen-bond donors (Lipinski definition) is 1.